The normalized spacial score (nSPS) is 23.4. The zero-order valence-corrected chi connectivity index (χ0v) is 13.0. The van der Waals surface area contributed by atoms with Gasteiger partial charge >= 0.3 is 5.97 Å². The van der Waals surface area contributed by atoms with Gasteiger partial charge < -0.3 is 5.11 Å². The van der Waals surface area contributed by atoms with Gasteiger partial charge in [-0.25, -0.2) is 13.1 Å². The SMILES string of the molecule is O=C(O)C1CCCC1NS(=O)(=O)c1ccc(I)cc1. The Morgan fingerprint density at radius 2 is 1.89 bits per heavy atom. The molecular weight excluding hydrogens is 381 g/mol. The second-order valence-electron chi connectivity index (χ2n) is 4.56. The molecule has 0 aromatic heterocycles. The van der Waals surface area contributed by atoms with Crippen LogP contribution in [0, 0.1) is 9.49 Å². The van der Waals surface area contributed by atoms with Crippen molar-refractivity contribution < 1.29 is 18.3 Å². The van der Waals surface area contributed by atoms with Crippen LogP contribution in [0.5, 0.6) is 0 Å². The molecule has 2 N–H and O–H groups in total. The van der Waals surface area contributed by atoms with Crippen molar-refractivity contribution in [3.8, 4) is 0 Å². The maximum Gasteiger partial charge on any atom is 0.308 e. The van der Waals surface area contributed by atoms with Crippen LogP contribution in [-0.4, -0.2) is 25.5 Å². The number of sulfonamides is 1. The molecule has 104 valence electrons. The van der Waals surface area contributed by atoms with E-state index in [9.17, 15) is 13.2 Å². The molecule has 0 radical (unpaired) electrons. The van der Waals surface area contributed by atoms with E-state index in [1.54, 1.807) is 12.1 Å². The second kappa shape index (κ2) is 5.76. The number of carboxylic acid groups (broad SMARTS) is 1. The first-order valence-corrected chi connectivity index (χ1v) is 8.47. The van der Waals surface area contributed by atoms with E-state index in [1.165, 1.54) is 12.1 Å². The summed E-state index contributed by atoms with van der Waals surface area (Å²) >= 11 is 2.09. The molecule has 1 saturated carbocycles. The van der Waals surface area contributed by atoms with Crippen molar-refractivity contribution >= 4 is 38.6 Å². The quantitative estimate of drug-likeness (QED) is 0.762. The van der Waals surface area contributed by atoms with Crippen LogP contribution in [0.2, 0.25) is 0 Å². The highest BCUT2D eigenvalue weighted by Crippen LogP contribution is 2.27. The molecule has 2 unspecified atom stereocenters. The second-order valence-corrected chi connectivity index (χ2v) is 7.52. The van der Waals surface area contributed by atoms with Gasteiger partial charge in [-0.1, -0.05) is 6.42 Å². The molecule has 0 saturated heterocycles. The van der Waals surface area contributed by atoms with E-state index < -0.39 is 28.0 Å². The lowest BCUT2D eigenvalue weighted by Crippen LogP contribution is -2.40. The van der Waals surface area contributed by atoms with E-state index in [0.29, 0.717) is 12.8 Å². The summed E-state index contributed by atoms with van der Waals surface area (Å²) in [7, 11) is -3.64. The lowest BCUT2D eigenvalue weighted by Gasteiger charge is -2.17. The predicted octanol–water partition coefficient (Wildman–Crippen LogP) is 1.82. The summed E-state index contributed by atoms with van der Waals surface area (Å²) in [5.41, 5.74) is 0. The lowest BCUT2D eigenvalue weighted by molar-refractivity contribution is -0.141. The van der Waals surface area contributed by atoms with Crippen molar-refractivity contribution in [2.75, 3.05) is 0 Å². The van der Waals surface area contributed by atoms with Gasteiger partial charge in [-0.2, -0.15) is 0 Å². The Labute approximate surface area is 125 Å². The Morgan fingerprint density at radius 1 is 1.26 bits per heavy atom. The summed E-state index contributed by atoms with van der Waals surface area (Å²) in [5.74, 6) is -1.56. The van der Waals surface area contributed by atoms with E-state index in [0.717, 1.165) is 9.99 Å². The number of halogens is 1. The van der Waals surface area contributed by atoms with Crippen molar-refractivity contribution in [2.24, 2.45) is 5.92 Å². The van der Waals surface area contributed by atoms with E-state index in [2.05, 4.69) is 27.3 Å². The summed E-state index contributed by atoms with van der Waals surface area (Å²) in [5, 5.41) is 9.05. The Hall–Kier alpha value is -0.670. The Kier molecular flexibility index (Phi) is 4.46. The first-order valence-electron chi connectivity index (χ1n) is 5.91. The Balaban J connectivity index is 2.17. The molecule has 0 bridgehead atoms. The molecule has 19 heavy (non-hydrogen) atoms. The summed E-state index contributed by atoms with van der Waals surface area (Å²) in [6, 6.07) is 5.95. The summed E-state index contributed by atoms with van der Waals surface area (Å²) in [6.45, 7) is 0. The van der Waals surface area contributed by atoms with Crippen LogP contribution >= 0.6 is 22.6 Å². The van der Waals surface area contributed by atoms with Gasteiger partial charge in [-0.15, -0.1) is 0 Å². The number of benzene rings is 1. The highest BCUT2D eigenvalue weighted by atomic mass is 127. The fourth-order valence-corrected chi connectivity index (χ4v) is 3.95. The van der Waals surface area contributed by atoms with Crippen LogP contribution < -0.4 is 4.72 Å². The third-order valence-electron chi connectivity index (χ3n) is 3.26. The molecular formula is C12H14INO4S. The zero-order chi connectivity index (χ0) is 14.0. The third kappa shape index (κ3) is 3.46. The molecule has 7 heteroatoms. The molecule has 1 aromatic carbocycles. The highest BCUT2D eigenvalue weighted by Gasteiger charge is 2.35. The van der Waals surface area contributed by atoms with E-state index in [4.69, 9.17) is 5.11 Å². The number of carbonyl (C=O) groups is 1. The van der Waals surface area contributed by atoms with Gasteiger partial charge in [-0.05, 0) is 59.7 Å². The average Bonchev–Trinajstić information content (AvgIpc) is 2.77. The average molecular weight is 395 g/mol. The molecule has 0 aliphatic heterocycles. The van der Waals surface area contributed by atoms with Crippen LogP contribution in [0.3, 0.4) is 0 Å². The van der Waals surface area contributed by atoms with Gasteiger partial charge in [0.05, 0.1) is 10.8 Å². The molecule has 0 spiro atoms. The van der Waals surface area contributed by atoms with Crippen molar-refractivity contribution in [1.29, 1.82) is 0 Å². The number of nitrogens with one attached hydrogen (secondary N) is 1. The van der Waals surface area contributed by atoms with Gasteiger partial charge in [0, 0.05) is 9.61 Å². The minimum absolute atomic E-state index is 0.170. The summed E-state index contributed by atoms with van der Waals surface area (Å²) in [4.78, 5) is 11.2. The first-order chi connectivity index (χ1) is 8.90. The van der Waals surface area contributed by atoms with Crippen molar-refractivity contribution in [3.63, 3.8) is 0 Å². The Morgan fingerprint density at radius 3 is 2.47 bits per heavy atom. The van der Waals surface area contributed by atoms with E-state index >= 15 is 0 Å². The first kappa shape index (κ1) is 14.7. The standard InChI is InChI=1S/C12H14INO4S/c13-8-4-6-9(7-5-8)19(17,18)14-11-3-1-2-10(11)12(15)16/h4-7,10-11,14H,1-3H2,(H,15,16). The molecule has 5 nitrogen and oxygen atoms in total. The van der Waals surface area contributed by atoms with Crippen LogP contribution in [0.15, 0.2) is 29.2 Å². The largest absolute Gasteiger partial charge is 0.481 e. The molecule has 1 aliphatic carbocycles. The lowest BCUT2D eigenvalue weighted by atomic mass is 10.1. The summed E-state index contributed by atoms with van der Waals surface area (Å²) < 4.78 is 27.8. The topological polar surface area (TPSA) is 83.5 Å². The van der Waals surface area contributed by atoms with Crippen LogP contribution in [0.4, 0.5) is 0 Å². The minimum atomic E-state index is -3.64. The van der Waals surface area contributed by atoms with Crippen LogP contribution in [0.25, 0.3) is 0 Å². The molecule has 0 amide bonds. The van der Waals surface area contributed by atoms with E-state index in [-0.39, 0.29) is 4.90 Å². The number of rotatable bonds is 4. The van der Waals surface area contributed by atoms with Gasteiger partial charge in [0.1, 0.15) is 0 Å². The molecule has 1 aromatic rings. The minimum Gasteiger partial charge on any atom is -0.481 e. The number of hydrogen-bond donors (Lipinski definition) is 2. The smallest absolute Gasteiger partial charge is 0.308 e. The summed E-state index contributed by atoms with van der Waals surface area (Å²) in [6.07, 6.45) is 1.83. The van der Waals surface area contributed by atoms with Crippen molar-refractivity contribution in [2.45, 2.75) is 30.2 Å². The molecule has 1 fully saturated rings. The van der Waals surface area contributed by atoms with Gasteiger partial charge in [0.25, 0.3) is 0 Å². The van der Waals surface area contributed by atoms with Gasteiger partial charge in [0.15, 0.2) is 0 Å². The van der Waals surface area contributed by atoms with Crippen LogP contribution in [0.1, 0.15) is 19.3 Å². The monoisotopic (exact) mass is 395 g/mol. The van der Waals surface area contributed by atoms with Gasteiger partial charge in [0.2, 0.25) is 10.0 Å². The molecule has 2 rings (SSSR count). The van der Waals surface area contributed by atoms with E-state index in [1.807, 2.05) is 0 Å². The van der Waals surface area contributed by atoms with Crippen molar-refractivity contribution in [3.05, 3.63) is 27.8 Å². The molecule has 2 atom stereocenters. The zero-order valence-electron chi connectivity index (χ0n) is 10.0. The number of aliphatic carboxylic acids is 1. The number of carboxylic acids is 1. The van der Waals surface area contributed by atoms with Gasteiger partial charge in [-0.3, -0.25) is 4.79 Å². The Bertz CT molecular complexity index is 570. The van der Waals surface area contributed by atoms with Crippen molar-refractivity contribution in [1.82, 2.24) is 4.72 Å². The molecule has 0 heterocycles. The number of hydrogen-bond acceptors (Lipinski definition) is 3. The maximum atomic E-state index is 12.2. The fourth-order valence-electron chi connectivity index (χ4n) is 2.28. The highest BCUT2D eigenvalue weighted by molar-refractivity contribution is 14.1. The fraction of sp³-hybridized carbons (Fsp3) is 0.417. The van der Waals surface area contributed by atoms with Crippen LogP contribution in [-0.2, 0) is 14.8 Å². The maximum absolute atomic E-state index is 12.2. The predicted molar refractivity (Wildman–Crippen MR) is 78.2 cm³/mol. The third-order valence-corrected chi connectivity index (χ3v) is 5.49. The molecule has 1 aliphatic rings.